The second-order valence-electron chi connectivity index (χ2n) is 3.69. The van der Waals surface area contributed by atoms with E-state index in [4.69, 9.17) is 16.4 Å². The molecule has 90 valence electrons. The standard InChI is InChI=1S/C10H9ClN2S.CH3NO/c11-9-8-6-3-1-2-4-7(6)14-10(8)13-5-12-9;2-1-3/h5H,1-4H2;1H,(H2,2,3). The first-order valence-corrected chi connectivity index (χ1v) is 6.53. The van der Waals surface area contributed by atoms with Crippen LogP contribution in [0.5, 0.6) is 0 Å². The van der Waals surface area contributed by atoms with Gasteiger partial charge in [-0.1, -0.05) is 11.6 Å². The Hall–Kier alpha value is -1.20. The van der Waals surface area contributed by atoms with Crippen LogP contribution in [-0.4, -0.2) is 16.4 Å². The molecule has 2 aromatic rings. The number of thiophene rings is 1. The predicted molar refractivity (Wildman–Crippen MR) is 69.3 cm³/mol. The lowest BCUT2D eigenvalue weighted by atomic mass is 9.97. The number of primary amides is 1. The molecule has 2 aromatic heterocycles. The Balaban J connectivity index is 0.000000329. The summed E-state index contributed by atoms with van der Waals surface area (Å²) in [7, 11) is 0. The molecule has 0 radical (unpaired) electrons. The van der Waals surface area contributed by atoms with E-state index in [1.54, 1.807) is 17.7 Å². The van der Waals surface area contributed by atoms with Gasteiger partial charge in [-0.2, -0.15) is 0 Å². The van der Waals surface area contributed by atoms with Crippen molar-refractivity contribution in [3.63, 3.8) is 0 Å². The highest BCUT2D eigenvalue weighted by molar-refractivity contribution is 7.19. The van der Waals surface area contributed by atoms with Crippen molar-refractivity contribution >= 4 is 39.6 Å². The topological polar surface area (TPSA) is 68.9 Å². The van der Waals surface area contributed by atoms with E-state index in [0.717, 1.165) is 16.6 Å². The molecule has 0 spiro atoms. The molecule has 17 heavy (non-hydrogen) atoms. The summed E-state index contributed by atoms with van der Waals surface area (Å²) in [4.78, 5) is 19.4. The summed E-state index contributed by atoms with van der Waals surface area (Å²) in [6, 6.07) is 0. The number of carbonyl (C=O) groups is 1. The second kappa shape index (κ2) is 5.42. The van der Waals surface area contributed by atoms with Crippen molar-refractivity contribution in [2.24, 2.45) is 5.73 Å². The van der Waals surface area contributed by atoms with Crippen molar-refractivity contribution in [3.05, 3.63) is 21.9 Å². The number of nitrogens with zero attached hydrogens (tertiary/aromatic N) is 2. The largest absolute Gasteiger partial charge is 0.372 e. The summed E-state index contributed by atoms with van der Waals surface area (Å²) in [5, 5.41) is 1.73. The smallest absolute Gasteiger partial charge is 0.204 e. The molecule has 4 nitrogen and oxygen atoms in total. The first-order chi connectivity index (χ1) is 8.27. The van der Waals surface area contributed by atoms with Gasteiger partial charge in [0.15, 0.2) is 0 Å². The quantitative estimate of drug-likeness (QED) is 0.589. The zero-order chi connectivity index (χ0) is 12.3. The van der Waals surface area contributed by atoms with Crippen molar-refractivity contribution in [1.29, 1.82) is 0 Å². The Morgan fingerprint density at radius 2 is 2.06 bits per heavy atom. The maximum Gasteiger partial charge on any atom is 0.204 e. The van der Waals surface area contributed by atoms with Gasteiger partial charge in [0.05, 0.1) is 5.39 Å². The van der Waals surface area contributed by atoms with Crippen molar-refractivity contribution in [3.8, 4) is 0 Å². The van der Waals surface area contributed by atoms with Crippen molar-refractivity contribution < 1.29 is 4.79 Å². The molecule has 0 fully saturated rings. The number of rotatable bonds is 0. The Bertz CT molecular complexity index is 541. The van der Waals surface area contributed by atoms with E-state index in [9.17, 15) is 0 Å². The normalized spacial score (nSPS) is 13.7. The second-order valence-corrected chi connectivity index (χ2v) is 5.13. The number of aromatic nitrogens is 2. The number of hydrogen-bond donors (Lipinski definition) is 1. The summed E-state index contributed by atoms with van der Waals surface area (Å²) in [5.41, 5.74) is 5.57. The Labute approximate surface area is 108 Å². The van der Waals surface area contributed by atoms with Gasteiger partial charge in [-0.25, -0.2) is 9.97 Å². The highest BCUT2D eigenvalue weighted by Gasteiger charge is 2.18. The van der Waals surface area contributed by atoms with Crippen molar-refractivity contribution in [2.45, 2.75) is 25.7 Å². The fraction of sp³-hybridized carbons (Fsp3) is 0.364. The van der Waals surface area contributed by atoms with Crippen LogP contribution in [0.15, 0.2) is 6.33 Å². The molecular weight excluding hydrogens is 258 g/mol. The predicted octanol–water partition coefficient (Wildman–Crippen LogP) is 2.33. The summed E-state index contributed by atoms with van der Waals surface area (Å²) >= 11 is 7.87. The molecule has 0 unspecified atom stereocenters. The van der Waals surface area contributed by atoms with Gasteiger partial charge in [-0.3, -0.25) is 4.79 Å². The minimum absolute atomic E-state index is 0.250. The number of hydrogen-bond acceptors (Lipinski definition) is 4. The molecule has 2 N–H and O–H groups in total. The lowest BCUT2D eigenvalue weighted by Gasteiger charge is -2.10. The molecule has 1 aliphatic carbocycles. The molecule has 0 saturated carbocycles. The number of carbonyl (C=O) groups excluding carboxylic acids is 1. The summed E-state index contributed by atoms with van der Waals surface area (Å²) in [6.45, 7) is 0. The van der Waals surface area contributed by atoms with E-state index < -0.39 is 0 Å². The highest BCUT2D eigenvalue weighted by Crippen LogP contribution is 2.37. The monoisotopic (exact) mass is 269 g/mol. The van der Waals surface area contributed by atoms with Crippen LogP contribution >= 0.6 is 22.9 Å². The molecule has 6 heteroatoms. The van der Waals surface area contributed by atoms with Crippen LogP contribution in [0.2, 0.25) is 5.15 Å². The van der Waals surface area contributed by atoms with Crippen LogP contribution in [0.1, 0.15) is 23.3 Å². The van der Waals surface area contributed by atoms with Crippen LogP contribution < -0.4 is 5.73 Å². The molecule has 0 atom stereocenters. The van der Waals surface area contributed by atoms with Gasteiger partial charge in [0.25, 0.3) is 0 Å². The highest BCUT2D eigenvalue weighted by atomic mass is 35.5. The number of halogens is 1. The third-order valence-corrected chi connectivity index (χ3v) is 4.19. The number of aryl methyl sites for hydroxylation is 2. The number of nitrogens with two attached hydrogens (primary N) is 1. The first kappa shape index (κ1) is 12.3. The van der Waals surface area contributed by atoms with Crippen LogP contribution in [0.4, 0.5) is 0 Å². The van der Waals surface area contributed by atoms with Gasteiger partial charge in [-0.05, 0) is 31.2 Å². The Kier molecular flexibility index (Phi) is 3.91. The molecule has 0 aliphatic heterocycles. The van der Waals surface area contributed by atoms with E-state index >= 15 is 0 Å². The van der Waals surface area contributed by atoms with Gasteiger partial charge < -0.3 is 5.73 Å². The van der Waals surface area contributed by atoms with Gasteiger partial charge in [-0.15, -0.1) is 11.3 Å². The SMILES string of the molecule is Clc1ncnc2sc3c(c12)CCCC3.NC=O. The number of fused-ring (bicyclic) bond motifs is 3. The maximum absolute atomic E-state index is 8.58. The minimum Gasteiger partial charge on any atom is -0.372 e. The van der Waals surface area contributed by atoms with Gasteiger partial charge in [0, 0.05) is 4.88 Å². The molecule has 3 rings (SSSR count). The molecular formula is C11H12ClN3OS. The molecule has 0 aromatic carbocycles. The summed E-state index contributed by atoms with van der Waals surface area (Å²) < 4.78 is 0. The van der Waals surface area contributed by atoms with Gasteiger partial charge in [0.2, 0.25) is 6.41 Å². The van der Waals surface area contributed by atoms with E-state index in [1.807, 2.05) is 0 Å². The zero-order valence-electron chi connectivity index (χ0n) is 9.15. The molecule has 1 aliphatic rings. The van der Waals surface area contributed by atoms with Crippen LogP contribution in [0.3, 0.4) is 0 Å². The lowest BCUT2D eigenvalue weighted by Crippen LogP contribution is -1.98. The summed E-state index contributed by atoms with van der Waals surface area (Å²) in [5.74, 6) is 0. The maximum atomic E-state index is 8.58. The minimum atomic E-state index is 0.250. The molecule has 1 amide bonds. The average Bonchev–Trinajstić information content (AvgIpc) is 2.69. The fourth-order valence-corrected chi connectivity index (χ4v) is 3.58. The third-order valence-electron chi connectivity index (χ3n) is 2.71. The van der Waals surface area contributed by atoms with Crippen LogP contribution in [0.25, 0.3) is 10.2 Å². The van der Waals surface area contributed by atoms with E-state index in [-0.39, 0.29) is 6.41 Å². The van der Waals surface area contributed by atoms with Crippen molar-refractivity contribution in [1.82, 2.24) is 9.97 Å². The zero-order valence-corrected chi connectivity index (χ0v) is 10.7. The van der Waals surface area contributed by atoms with Crippen LogP contribution in [0, 0.1) is 0 Å². The fourth-order valence-electron chi connectivity index (χ4n) is 2.05. The first-order valence-electron chi connectivity index (χ1n) is 5.34. The third kappa shape index (κ3) is 2.40. The Morgan fingerprint density at radius 3 is 2.82 bits per heavy atom. The van der Waals surface area contributed by atoms with Crippen molar-refractivity contribution in [2.75, 3.05) is 0 Å². The van der Waals surface area contributed by atoms with Gasteiger partial charge >= 0.3 is 0 Å². The van der Waals surface area contributed by atoms with E-state index in [2.05, 4.69) is 15.7 Å². The number of amides is 1. The average molecular weight is 270 g/mol. The van der Waals surface area contributed by atoms with E-state index in [0.29, 0.717) is 5.15 Å². The molecule has 0 saturated heterocycles. The summed E-state index contributed by atoms with van der Waals surface area (Å²) in [6.07, 6.45) is 6.69. The molecule has 0 bridgehead atoms. The lowest BCUT2D eigenvalue weighted by molar-refractivity contribution is -0.106. The van der Waals surface area contributed by atoms with E-state index in [1.165, 1.54) is 29.7 Å². The Morgan fingerprint density at radius 1 is 1.35 bits per heavy atom. The van der Waals surface area contributed by atoms with Crippen LogP contribution in [-0.2, 0) is 17.6 Å². The molecule has 2 heterocycles. The van der Waals surface area contributed by atoms with Gasteiger partial charge in [0.1, 0.15) is 16.3 Å².